The first-order valence-electron chi connectivity index (χ1n) is 5.59. The maximum atomic E-state index is 5.68. The lowest BCUT2D eigenvalue weighted by molar-refractivity contribution is 0.884. The quantitative estimate of drug-likeness (QED) is 0.820. The van der Waals surface area contributed by atoms with E-state index in [9.17, 15) is 0 Å². The van der Waals surface area contributed by atoms with Crippen LogP contribution in [0.25, 0.3) is 10.9 Å². The van der Waals surface area contributed by atoms with Gasteiger partial charge in [-0.3, -0.25) is 0 Å². The van der Waals surface area contributed by atoms with Crippen LogP contribution in [0.3, 0.4) is 0 Å². The standard InChI is InChI=1S/C12H14N4/c13-12-15-10-4-2-1-3-9(10)11(16-12)14-7-8-5-6-8/h1-4,8H,5-7H2,(H3,13,14,15,16). The second-order valence-electron chi connectivity index (χ2n) is 4.27. The summed E-state index contributed by atoms with van der Waals surface area (Å²) in [6.45, 7) is 0.987. The molecule has 1 fully saturated rings. The van der Waals surface area contributed by atoms with E-state index < -0.39 is 0 Å². The van der Waals surface area contributed by atoms with E-state index in [1.807, 2.05) is 24.3 Å². The van der Waals surface area contributed by atoms with Crippen molar-refractivity contribution < 1.29 is 0 Å². The molecule has 3 N–H and O–H groups in total. The molecular formula is C12H14N4. The van der Waals surface area contributed by atoms with Gasteiger partial charge in [-0.15, -0.1) is 0 Å². The zero-order chi connectivity index (χ0) is 11.0. The number of fused-ring (bicyclic) bond motifs is 1. The summed E-state index contributed by atoms with van der Waals surface area (Å²) < 4.78 is 0. The number of aromatic nitrogens is 2. The molecule has 1 aromatic carbocycles. The third-order valence-corrected chi connectivity index (χ3v) is 2.88. The first kappa shape index (κ1) is 9.39. The molecule has 1 aliphatic rings. The van der Waals surface area contributed by atoms with Gasteiger partial charge in [0.05, 0.1) is 5.52 Å². The van der Waals surface area contributed by atoms with Crippen LogP contribution in [-0.4, -0.2) is 16.5 Å². The summed E-state index contributed by atoms with van der Waals surface area (Å²) in [5.74, 6) is 2.00. The van der Waals surface area contributed by atoms with Crippen LogP contribution in [0, 0.1) is 5.92 Å². The molecule has 1 aliphatic carbocycles. The van der Waals surface area contributed by atoms with Crippen molar-refractivity contribution in [2.24, 2.45) is 5.92 Å². The lowest BCUT2D eigenvalue weighted by Crippen LogP contribution is -2.07. The molecule has 1 saturated carbocycles. The highest BCUT2D eigenvalue weighted by atomic mass is 15.1. The molecule has 0 radical (unpaired) electrons. The predicted octanol–water partition coefficient (Wildman–Crippen LogP) is 2.03. The Balaban J connectivity index is 1.99. The molecular weight excluding hydrogens is 200 g/mol. The van der Waals surface area contributed by atoms with E-state index in [2.05, 4.69) is 15.3 Å². The van der Waals surface area contributed by atoms with Gasteiger partial charge in [-0.25, -0.2) is 4.98 Å². The van der Waals surface area contributed by atoms with Gasteiger partial charge < -0.3 is 11.1 Å². The van der Waals surface area contributed by atoms with E-state index in [0.717, 1.165) is 29.2 Å². The Labute approximate surface area is 93.9 Å². The second-order valence-corrected chi connectivity index (χ2v) is 4.27. The maximum Gasteiger partial charge on any atom is 0.222 e. The van der Waals surface area contributed by atoms with Gasteiger partial charge in [-0.2, -0.15) is 4.98 Å². The second kappa shape index (κ2) is 3.63. The molecule has 16 heavy (non-hydrogen) atoms. The van der Waals surface area contributed by atoms with Gasteiger partial charge in [-0.05, 0) is 30.9 Å². The van der Waals surface area contributed by atoms with Crippen LogP contribution in [0.2, 0.25) is 0 Å². The van der Waals surface area contributed by atoms with Gasteiger partial charge in [0.15, 0.2) is 0 Å². The molecule has 4 heteroatoms. The van der Waals surface area contributed by atoms with Crippen LogP contribution >= 0.6 is 0 Å². The lowest BCUT2D eigenvalue weighted by atomic mass is 10.2. The molecule has 0 atom stereocenters. The largest absolute Gasteiger partial charge is 0.369 e. The van der Waals surface area contributed by atoms with Crippen LogP contribution in [-0.2, 0) is 0 Å². The zero-order valence-corrected chi connectivity index (χ0v) is 8.98. The van der Waals surface area contributed by atoms with Crippen molar-refractivity contribution >= 4 is 22.7 Å². The van der Waals surface area contributed by atoms with Crippen LogP contribution in [0.4, 0.5) is 11.8 Å². The molecule has 0 saturated heterocycles. The molecule has 82 valence electrons. The number of hydrogen-bond acceptors (Lipinski definition) is 4. The van der Waals surface area contributed by atoms with Gasteiger partial charge in [0, 0.05) is 11.9 Å². The minimum atomic E-state index is 0.331. The molecule has 0 amide bonds. The van der Waals surface area contributed by atoms with E-state index in [4.69, 9.17) is 5.73 Å². The van der Waals surface area contributed by atoms with E-state index in [-0.39, 0.29) is 0 Å². The summed E-state index contributed by atoms with van der Waals surface area (Å²) in [7, 11) is 0. The molecule has 0 aliphatic heterocycles. The van der Waals surface area contributed by atoms with Crippen molar-refractivity contribution in [1.29, 1.82) is 0 Å². The van der Waals surface area contributed by atoms with Crippen molar-refractivity contribution in [2.45, 2.75) is 12.8 Å². The fourth-order valence-electron chi connectivity index (χ4n) is 1.79. The highest BCUT2D eigenvalue weighted by Crippen LogP contribution is 2.29. The Bertz CT molecular complexity index is 519. The lowest BCUT2D eigenvalue weighted by Gasteiger charge is -2.08. The zero-order valence-electron chi connectivity index (χ0n) is 8.98. The number of nitrogens with one attached hydrogen (secondary N) is 1. The summed E-state index contributed by atoms with van der Waals surface area (Å²) in [5, 5.41) is 4.40. The average molecular weight is 214 g/mol. The predicted molar refractivity (Wildman–Crippen MR) is 65.2 cm³/mol. The number of para-hydroxylation sites is 1. The minimum absolute atomic E-state index is 0.331. The Morgan fingerprint density at radius 2 is 2.06 bits per heavy atom. The number of anilines is 2. The molecule has 1 aromatic heterocycles. The molecule has 0 spiro atoms. The summed E-state index contributed by atoms with van der Waals surface area (Å²) in [6, 6.07) is 7.92. The molecule has 0 unspecified atom stereocenters. The summed E-state index contributed by atoms with van der Waals surface area (Å²) in [4.78, 5) is 8.46. The van der Waals surface area contributed by atoms with Crippen molar-refractivity contribution in [3.05, 3.63) is 24.3 Å². The molecule has 3 rings (SSSR count). The number of nitrogen functional groups attached to an aromatic ring is 1. The first-order chi connectivity index (χ1) is 7.83. The van der Waals surface area contributed by atoms with Crippen LogP contribution in [0.15, 0.2) is 24.3 Å². The molecule has 2 aromatic rings. The highest BCUT2D eigenvalue weighted by molar-refractivity contribution is 5.89. The fourth-order valence-corrected chi connectivity index (χ4v) is 1.79. The van der Waals surface area contributed by atoms with Crippen molar-refractivity contribution in [3.8, 4) is 0 Å². The molecule has 1 heterocycles. The van der Waals surface area contributed by atoms with Gasteiger partial charge in [-0.1, -0.05) is 12.1 Å². The summed E-state index contributed by atoms with van der Waals surface area (Å²) in [6.07, 6.45) is 2.65. The van der Waals surface area contributed by atoms with Crippen LogP contribution in [0.5, 0.6) is 0 Å². The fraction of sp³-hybridized carbons (Fsp3) is 0.333. The third kappa shape index (κ3) is 1.78. The normalized spacial score (nSPS) is 15.2. The topological polar surface area (TPSA) is 63.8 Å². The smallest absolute Gasteiger partial charge is 0.222 e. The number of nitrogens with zero attached hydrogens (tertiary/aromatic N) is 2. The van der Waals surface area contributed by atoms with Crippen molar-refractivity contribution in [1.82, 2.24) is 9.97 Å². The van der Waals surface area contributed by atoms with Crippen LogP contribution < -0.4 is 11.1 Å². The third-order valence-electron chi connectivity index (χ3n) is 2.88. The van der Waals surface area contributed by atoms with Crippen molar-refractivity contribution in [2.75, 3.05) is 17.6 Å². The number of nitrogens with two attached hydrogens (primary N) is 1. The van der Waals surface area contributed by atoms with Gasteiger partial charge >= 0.3 is 0 Å². The summed E-state index contributed by atoms with van der Waals surface area (Å²) >= 11 is 0. The van der Waals surface area contributed by atoms with E-state index in [1.54, 1.807) is 0 Å². The number of benzene rings is 1. The van der Waals surface area contributed by atoms with Gasteiger partial charge in [0.25, 0.3) is 0 Å². The van der Waals surface area contributed by atoms with Gasteiger partial charge in [0.1, 0.15) is 5.82 Å². The van der Waals surface area contributed by atoms with Crippen LogP contribution in [0.1, 0.15) is 12.8 Å². The molecule has 0 bridgehead atoms. The Morgan fingerprint density at radius 1 is 1.25 bits per heavy atom. The van der Waals surface area contributed by atoms with Gasteiger partial charge in [0.2, 0.25) is 5.95 Å². The Hall–Kier alpha value is -1.84. The van der Waals surface area contributed by atoms with E-state index in [1.165, 1.54) is 12.8 Å². The van der Waals surface area contributed by atoms with E-state index >= 15 is 0 Å². The number of hydrogen-bond donors (Lipinski definition) is 2. The maximum absolute atomic E-state index is 5.68. The average Bonchev–Trinajstić information content (AvgIpc) is 3.09. The van der Waals surface area contributed by atoms with Crippen molar-refractivity contribution in [3.63, 3.8) is 0 Å². The monoisotopic (exact) mass is 214 g/mol. The minimum Gasteiger partial charge on any atom is -0.369 e. The Kier molecular flexibility index (Phi) is 2.13. The van der Waals surface area contributed by atoms with E-state index in [0.29, 0.717) is 5.95 Å². The molecule has 4 nitrogen and oxygen atoms in total. The number of rotatable bonds is 3. The highest BCUT2D eigenvalue weighted by Gasteiger charge is 2.21. The SMILES string of the molecule is Nc1nc(NCC2CC2)c2ccccc2n1. The first-order valence-corrected chi connectivity index (χ1v) is 5.59. The Morgan fingerprint density at radius 3 is 2.88 bits per heavy atom. The summed E-state index contributed by atoms with van der Waals surface area (Å²) in [5.41, 5.74) is 6.58.